The molecule has 0 amide bonds. The number of nitrogens with two attached hydrogens (primary N) is 1. The van der Waals surface area contributed by atoms with Gasteiger partial charge in [-0.3, -0.25) is 0 Å². The van der Waals surface area contributed by atoms with E-state index < -0.39 is 0 Å². The molecular weight excluding hydrogens is 250 g/mol. The Morgan fingerprint density at radius 3 is 2.40 bits per heavy atom. The van der Waals surface area contributed by atoms with Crippen LogP contribution in [0.2, 0.25) is 0 Å². The van der Waals surface area contributed by atoms with Gasteiger partial charge in [0.25, 0.3) is 0 Å². The summed E-state index contributed by atoms with van der Waals surface area (Å²) in [6.07, 6.45) is 9.13. The zero-order chi connectivity index (χ0) is 14.0. The maximum absolute atomic E-state index is 9.46. The Bertz CT molecular complexity index is 473. The van der Waals surface area contributed by atoms with E-state index in [1.54, 1.807) is 0 Å². The van der Waals surface area contributed by atoms with Gasteiger partial charge in [-0.1, -0.05) is 19.3 Å². The van der Waals surface area contributed by atoms with E-state index in [4.69, 9.17) is 10.7 Å². The second-order valence-electron chi connectivity index (χ2n) is 6.10. The van der Waals surface area contributed by atoms with Gasteiger partial charge < -0.3 is 16.0 Å². The molecule has 1 saturated heterocycles. The molecule has 20 heavy (non-hydrogen) atoms. The van der Waals surface area contributed by atoms with Gasteiger partial charge in [-0.05, 0) is 32.1 Å². The molecule has 108 valence electrons. The molecule has 2 fully saturated rings. The fourth-order valence-electron chi connectivity index (χ4n) is 3.64. The van der Waals surface area contributed by atoms with Crippen molar-refractivity contribution in [3.8, 4) is 6.07 Å². The molecule has 5 heteroatoms. The maximum Gasteiger partial charge on any atom is 0.200 e. The van der Waals surface area contributed by atoms with E-state index in [0.717, 1.165) is 44.7 Å². The number of likely N-dealkylation sites (tertiary alicyclic amines) is 1. The van der Waals surface area contributed by atoms with Crippen LogP contribution < -0.4 is 11.1 Å². The average molecular weight is 273 g/mol. The van der Waals surface area contributed by atoms with Crippen LogP contribution in [0.4, 0.5) is 0 Å². The normalized spacial score (nSPS) is 25.9. The first-order valence-electron chi connectivity index (χ1n) is 7.77. The third kappa shape index (κ3) is 2.24. The first kappa shape index (κ1) is 13.3. The first-order valence-corrected chi connectivity index (χ1v) is 7.77. The van der Waals surface area contributed by atoms with Crippen LogP contribution in [0, 0.1) is 11.3 Å². The van der Waals surface area contributed by atoms with Crippen molar-refractivity contribution in [3.63, 3.8) is 0 Å². The smallest absolute Gasteiger partial charge is 0.200 e. The fourth-order valence-corrected chi connectivity index (χ4v) is 3.64. The molecule has 3 aliphatic rings. The van der Waals surface area contributed by atoms with Crippen molar-refractivity contribution in [1.29, 1.82) is 5.26 Å². The molecule has 0 radical (unpaired) electrons. The highest BCUT2D eigenvalue weighted by Crippen LogP contribution is 2.39. The molecule has 0 aromatic rings. The predicted octanol–water partition coefficient (Wildman–Crippen LogP) is 1.83. The summed E-state index contributed by atoms with van der Waals surface area (Å²) < 4.78 is 0. The lowest BCUT2D eigenvalue weighted by atomic mass is 9.76. The van der Waals surface area contributed by atoms with Crippen molar-refractivity contribution in [2.24, 2.45) is 10.7 Å². The van der Waals surface area contributed by atoms with Crippen molar-refractivity contribution in [2.75, 3.05) is 13.1 Å². The molecule has 1 aliphatic carbocycles. The quantitative estimate of drug-likeness (QED) is 0.706. The van der Waals surface area contributed by atoms with E-state index in [1.165, 1.54) is 25.7 Å². The van der Waals surface area contributed by atoms with Crippen LogP contribution in [0.1, 0.15) is 51.4 Å². The Balaban J connectivity index is 1.92. The number of aliphatic imine (C=N–C) groups is 1. The number of nitrogens with zero attached hydrogens (tertiary/aromatic N) is 3. The topological polar surface area (TPSA) is 77.4 Å². The van der Waals surface area contributed by atoms with E-state index in [-0.39, 0.29) is 5.54 Å². The Morgan fingerprint density at radius 1 is 1.10 bits per heavy atom. The van der Waals surface area contributed by atoms with Crippen LogP contribution in [-0.2, 0) is 0 Å². The van der Waals surface area contributed by atoms with Gasteiger partial charge in [0, 0.05) is 13.1 Å². The van der Waals surface area contributed by atoms with Crippen LogP contribution in [0.5, 0.6) is 0 Å². The Morgan fingerprint density at radius 2 is 1.75 bits per heavy atom. The summed E-state index contributed by atoms with van der Waals surface area (Å²) in [5, 5.41) is 12.6. The molecule has 2 aliphatic heterocycles. The minimum Gasteiger partial charge on any atom is -0.384 e. The molecule has 0 aromatic carbocycles. The summed E-state index contributed by atoms with van der Waals surface area (Å²) in [6.45, 7) is 2.08. The molecule has 0 unspecified atom stereocenters. The summed E-state index contributed by atoms with van der Waals surface area (Å²) >= 11 is 0. The second-order valence-corrected chi connectivity index (χ2v) is 6.10. The number of nitriles is 1. The minimum absolute atomic E-state index is 0.352. The highest BCUT2D eigenvalue weighted by atomic mass is 15.3. The van der Waals surface area contributed by atoms with Gasteiger partial charge >= 0.3 is 0 Å². The lowest BCUT2D eigenvalue weighted by molar-refractivity contribution is 0.304. The number of rotatable bonds is 0. The second kappa shape index (κ2) is 5.35. The largest absolute Gasteiger partial charge is 0.384 e. The van der Waals surface area contributed by atoms with Crippen LogP contribution in [0.3, 0.4) is 0 Å². The molecule has 3 rings (SSSR count). The standard InChI is InChI=1S/C15H23N5/c16-11-12-13(17)18-14(20-9-5-2-6-10-20)19-15(12)7-3-1-4-8-15/h1-10,17H2,(H,18,19). The zero-order valence-electron chi connectivity index (χ0n) is 12.0. The lowest BCUT2D eigenvalue weighted by Crippen LogP contribution is -2.52. The van der Waals surface area contributed by atoms with Crippen molar-refractivity contribution in [3.05, 3.63) is 11.4 Å². The molecule has 0 bridgehead atoms. The van der Waals surface area contributed by atoms with Crippen molar-refractivity contribution in [2.45, 2.75) is 56.9 Å². The minimum atomic E-state index is -0.352. The van der Waals surface area contributed by atoms with Crippen LogP contribution in [0.25, 0.3) is 0 Å². The zero-order valence-corrected chi connectivity index (χ0v) is 12.0. The SMILES string of the molecule is N#CC1=C(N)NC(N2CCCCC2)=NC12CCCCC2. The number of hydrogen-bond donors (Lipinski definition) is 2. The lowest BCUT2D eigenvalue weighted by Gasteiger charge is -2.40. The molecule has 2 heterocycles. The molecule has 5 nitrogen and oxygen atoms in total. The van der Waals surface area contributed by atoms with Gasteiger partial charge in [0.2, 0.25) is 5.96 Å². The van der Waals surface area contributed by atoms with Crippen LogP contribution in [-0.4, -0.2) is 29.5 Å². The van der Waals surface area contributed by atoms with Gasteiger partial charge in [0.1, 0.15) is 17.4 Å². The number of hydrogen-bond acceptors (Lipinski definition) is 5. The molecular formula is C15H23N5. The Hall–Kier alpha value is -1.70. The Labute approximate surface area is 120 Å². The van der Waals surface area contributed by atoms with Gasteiger partial charge in [-0.25, -0.2) is 4.99 Å². The number of piperidine rings is 1. The van der Waals surface area contributed by atoms with E-state index >= 15 is 0 Å². The van der Waals surface area contributed by atoms with E-state index in [2.05, 4.69) is 16.3 Å². The third-order valence-corrected chi connectivity index (χ3v) is 4.75. The van der Waals surface area contributed by atoms with Gasteiger partial charge in [0.15, 0.2) is 0 Å². The summed E-state index contributed by atoms with van der Waals surface area (Å²) in [7, 11) is 0. The van der Waals surface area contributed by atoms with E-state index in [1.807, 2.05) is 0 Å². The highest BCUT2D eigenvalue weighted by Gasteiger charge is 2.41. The molecule has 0 atom stereocenters. The highest BCUT2D eigenvalue weighted by molar-refractivity contribution is 5.84. The molecule has 1 saturated carbocycles. The van der Waals surface area contributed by atoms with Gasteiger partial charge in [0.05, 0.1) is 5.57 Å². The van der Waals surface area contributed by atoms with Crippen molar-refractivity contribution < 1.29 is 0 Å². The maximum atomic E-state index is 9.46. The van der Waals surface area contributed by atoms with Crippen LogP contribution >= 0.6 is 0 Å². The average Bonchev–Trinajstić information content (AvgIpc) is 2.49. The summed E-state index contributed by atoms with van der Waals surface area (Å²) in [5.74, 6) is 1.41. The monoisotopic (exact) mass is 273 g/mol. The molecule has 1 spiro atoms. The van der Waals surface area contributed by atoms with E-state index in [9.17, 15) is 5.26 Å². The van der Waals surface area contributed by atoms with Crippen molar-refractivity contribution >= 4 is 5.96 Å². The van der Waals surface area contributed by atoms with E-state index in [0.29, 0.717) is 11.4 Å². The van der Waals surface area contributed by atoms with Gasteiger partial charge in [-0.15, -0.1) is 0 Å². The fraction of sp³-hybridized carbons (Fsp3) is 0.733. The van der Waals surface area contributed by atoms with Gasteiger partial charge in [-0.2, -0.15) is 5.26 Å². The third-order valence-electron chi connectivity index (χ3n) is 4.75. The summed E-state index contributed by atoms with van der Waals surface area (Å²) in [4.78, 5) is 7.26. The molecule has 0 aromatic heterocycles. The van der Waals surface area contributed by atoms with Crippen LogP contribution in [0.15, 0.2) is 16.4 Å². The Kier molecular flexibility index (Phi) is 3.56. The predicted molar refractivity (Wildman–Crippen MR) is 78.6 cm³/mol. The van der Waals surface area contributed by atoms with Crippen molar-refractivity contribution in [1.82, 2.24) is 10.2 Å². The first-order chi connectivity index (χ1) is 9.75. The molecule has 3 N–H and O–H groups in total. The number of nitrogens with one attached hydrogen (secondary N) is 1. The summed E-state index contributed by atoms with van der Waals surface area (Å²) in [6, 6.07) is 2.30. The summed E-state index contributed by atoms with van der Waals surface area (Å²) in [5.41, 5.74) is 6.43. The number of guanidine groups is 1.